The maximum Gasteiger partial charge on any atom is 0.326 e. The van der Waals surface area contributed by atoms with Gasteiger partial charge in [0.1, 0.15) is 6.04 Å². The van der Waals surface area contributed by atoms with Crippen LogP contribution in [0.1, 0.15) is 33.6 Å². The van der Waals surface area contributed by atoms with Crippen LogP contribution in [-0.2, 0) is 9.59 Å². The molecule has 0 aromatic heterocycles. The van der Waals surface area contributed by atoms with E-state index >= 15 is 0 Å². The van der Waals surface area contributed by atoms with Crippen molar-refractivity contribution in [3.63, 3.8) is 0 Å². The zero-order valence-electron chi connectivity index (χ0n) is 12.2. The molecule has 7 heteroatoms. The SMILES string of the molecule is CCC(C)[C@H](NC(=O)N1CCC(C)(C(N)=O)C1)C(=O)O. The molecule has 3 amide bonds. The second kappa shape index (κ2) is 6.11. The molecule has 114 valence electrons. The summed E-state index contributed by atoms with van der Waals surface area (Å²) in [5, 5.41) is 11.7. The number of carbonyl (C=O) groups is 3. The Labute approximate surface area is 118 Å². The molecule has 2 unspecified atom stereocenters. The van der Waals surface area contributed by atoms with E-state index in [0.29, 0.717) is 19.4 Å². The molecule has 4 N–H and O–H groups in total. The molecule has 1 heterocycles. The zero-order chi connectivity index (χ0) is 15.5. The first-order valence-corrected chi connectivity index (χ1v) is 6.79. The van der Waals surface area contributed by atoms with Crippen LogP contribution in [0.5, 0.6) is 0 Å². The molecule has 0 aromatic carbocycles. The van der Waals surface area contributed by atoms with Gasteiger partial charge in [0, 0.05) is 13.1 Å². The summed E-state index contributed by atoms with van der Waals surface area (Å²) in [4.78, 5) is 36.1. The number of carboxylic acids is 1. The van der Waals surface area contributed by atoms with Gasteiger partial charge in [-0.25, -0.2) is 9.59 Å². The van der Waals surface area contributed by atoms with Gasteiger partial charge in [0.25, 0.3) is 0 Å². The first-order chi connectivity index (χ1) is 9.21. The van der Waals surface area contributed by atoms with Crippen LogP contribution in [0, 0.1) is 11.3 Å². The first kappa shape index (κ1) is 16.3. The van der Waals surface area contributed by atoms with E-state index in [4.69, 9.17) is 10.8 Å². The molecule has 1 rings (SSSR count). The van der Waals surface area contributed by atoms with Gasteiger partial charge in [-0.2, -0.15) is 0 Å². The third-order valence-corrected chi connectivity index (χ3v) is 4.11. The highest BCUT2D eigenvalue weighted by atomic mass is 16.4. The number of carboxylic acid groups (broad SMARTS) is 1. The number of nitrogens with two attached hydrogens (primary N) is 1. The van der Waals surface area contributed by atoms with E-state index in [1.165, 1.54) is 4.90 Å². The molecule has 7 nitrogen and oxygen atoms in total. The van der Waals surface area contributed by atoms with E-state index in [2.05, 4.69) is 5.32 Å². The lowest BCUT2D eigenvalue weighted by atomic mass is 9.89. The Hall–Kier alpha value is -1.79. The Morgan fingerprint density at radius 2 is 2.05 bits per heavy atom. The monoisotopic (exact) mass is 285 g/mol. The van der Waals surface area contributed by atoms with Crippen molar-refractivity contribution in [3.05, 3.63) is 0 Å². The number of nitrogens with one attached hydrogen (secondary N) is 1. The van der Waals surface area contributed by atoms with Gasteiger partial charge >= 0.3 is 12.0 Å². The van der Waals surface area contributed by atoms with Crippen molar-refractivity contribution in [2.75, 3.05) is 13.1 Å². The number of aliphatic carboxylic acids is 1. The second-order valence-electron chi connectivity index (χ2n) is 5.75. The third kappa shape index (κ3) is 3.40. The van der Waals surface area contributed by atoms with Gasteiger partial charge in [-0.1, -0.05) is 20.3 Å². The predicted molar refractivity (Wildman–Crippen MR) is 72.9 cm³/mol. The fourth-order valence-electron chi connectivity index (χ4n) is 2.24. The molecule has 0 aliphatic carbocycles. The minimum atomic E-state index is -1.05. The standard InChI is InChI=1S/C13H23N3O4/c1-4-8(2)9(10(17)18)15-12(20)16-6-5-13(3,7-16)11(14)19/h8-9H,4-7H2,1-3H3,(H2,14,19)(H,15,20)(H,17,18)/t8?,9-,13?/m0/s1. The number of primary amides is 1. The molecule has 1 aliphatic rings. The van der Waals surface area contributed by atoms with E-state index in [0.717, 1.165) is 0 Å². The van der Waals surface area contributed by atoms with Crippen molar-refractivity contribution < 1.29 is 19.5 Å². The smallest absolute Gasteiger partial charge is 0.326 e. The lowest BCUT2D eigenvalue weighted by Gasteiger charge is -2.25. The van der Waals surface area contributed by atoms with Gasteiger partial charge in [0.15, 0.2) is 0 Å². The van der Waals surface area contributed by atoms with Crippen LogP contribution in [0.3, 0.4) is 0 Å². The molecule has 0 bridgehead atoms. The summed E-state index contributed by atoms with van der Waals surface area (Å²) in [7, 11) is 0. The minimum absolute atomic E-state index is 0.165. The van der Waals surface area contributed by atoms with Crippen molar-refractivity contribution in [2.45, 2.75) is 39.7 Å². The molecule has 1 aliphatic heterocycles. The Balaban J connectivity index is 2.68. The Morgan fingerprint density at radius 1 is 1.45 bits per heavy atom. The van der Waals surface area contributed by atoms with Crippen LogP contribution in [0.4, 0.5) is 4.79 Å². The molecule has 0 radical (unpaired) electrons. The molecule has 1 fully saturated rings. The largest absolute Gasteiger partial charge is 0.480 e. The summed E-state index contributed by atoms with van der Waals surface area (Å²) >= 11 is 0. The average Bonchev–Trinajstić information content (AvgIpc) is 2.78. The molecular formula is C13H23N3O4. The maximum absolute atomic E-state index is 12.1. The fourth-order valence-corrected chi connectivity index (χ4v) is 2.24. The van der Waals surface area contributed by atoms with E-state index in [1.54, 1.807) is 13.8 Å². The highest BCUT2D eigenvalue weighted by Gasteiger charge is 2.41. The topological polar surface area (TPSA) is 113 Å². The predicted octanol–water partition coefficient (Wildman–Crippen LogP) is 0.393. The summed E-state index contributed by atoms with van der Waals surface area (Å²) < 4.78 is 0. The van der Waals surface area contributed by atoms with E-state index in [-0.39, 0.29) is 12.5 Å². The average molecular weight is 285 g/mol. The number of rotatable bonds is 5. The van der Waals surface area contributed by atoms with Gasteiger partial charge in [-0.3, -0.25) is 4.79 Å². The van der Waals surface area contributed by atoms with Gasteiger partial charge in [-0.05, 0) is 19.3 Å². The molecule has 20 heavy (non-hydrogen) atoms. The lowest BCUT2D eigenvalue weighted by molar-refractivity contribution is -0.140. The van der Waals surface area contributed by atoms with Crippen molar-refractivity contribution >= 4 is 17.9 Å². The number of urea groups is 1. The van der Waals surface area contributed by atoms with Crippen LogP contribution < -0.4 is 11.1 Å². The van der Waals surface area contributed by atoms with E-state index in [1.807, 2.05) is 6.92 Å². The van der Waals surface area contributed by atoms with Crippen LogP contribution in [0.15, 0.2) is 0 Å². The minimum Gasteiger partial charge on any atom is -0.480 e. The van der Waals surface area contributed by atoms with Gasteiger partial charge in [0.2, 0.25) is 5.91 Å². The molecule has 0 aromatic rings. The quantitative estimate of drug-likeness (QED) is 0.678. The number of likely N-dealkylation sites (tertiary alicyclic amines) is 1. The van der Waals surface area contributed by atoms with E-state index < -0.39 is 29.4 Å². The molecule has 3 atom stereocenters. The molecular weight excluding hydrogens is 262 g/mol. The molecule has 0 spiro atoms. The number of hydrogen-bond acceptors (Lipinski definition) is 3. The van der Waals surface area contributed by atoms with Crippen molar-refractivity contribution in [3.8, 4) is 0 Å². The van der Waals surface area contributed by atoms with Crippen LogP contribution >= 0.6 is 0 Å². The normalized spacial score (nSPS) is 25.1. The van der Waals surface area contributed by atoms with Crippen LogP contribution in [0.2, 0.25) is 0 Å². The fraction of sp³-hybridized carbons (Fsp3) is 0.769. The summed E-state index contributed by atoms with van der Waals surface area (Å²) in [6, 6.07) is -1.38. The number of carbonyl (C=O) groups excluding carboxylic acids is 2. The third-order valence-electron chi connectivity index (χ3n) is 4.11. The molecule has 0 saturated carbocycles. The number of hydrogen-bond donors (Lipinski definition) is 3. The van der Waals surface area contributed by atoms with Crippen molar-refractivity contribution in [1.29, 1.82) is 0 Å². The van der Waals surface area contributed by atoms with Gasteiger partial charge < -0.3 is 21.1 Å². The maximum atomic E-state index is 12.1. The lowest BCUT2D eigenvalue weighted by Crippen LogP contribution is -2.50. The van der Waals surface area contributed by atoms with E-state index in [9.17, 15) is 14.4 Å². The number of amides is 3. The number of nitrogens with zero attached hydrogens (tertiary/aromatic N) is 1. The van der Waals surface area contributed by atoms with Crippen molar-refractivity contribution in [2.24, 2.45) is 17.1 Å². The summed E-state index contributed by atoms with van der Waals surface area (Å²) in [5.41, 5.74) is 4.59. The van der Waals surface area contributed by atoms with Gasteiger partial charge in [0.05, 0.1) is 5.41 Å². The van der Waals surface area contributed by atoms with Crippen LogP contribution in [-0.4, -0.2) is 47.0 Å². The summed E-state index contributed by atoms with van der Waals surface area (Å²) in [6.45, 7) is 5.98. The highest BCUT2D eigenvalue weighted by molar-refractivity contribution is 5.85. The Morgan fingerprint density at radius 3 is 2.45 bits per heavy atom. The highest BCUT2D eigenvalue weighted by Crippen LogP contribution is 2.29. The van der Waals surface area contributed by atoms with Gasteiger partial charge in [-0.15, -0.1) is 0 Å². The van der Waals surface area contributed by atoms with Crippen molar-refractivity contribution in [1.82, 2.24) is 10.2 Å². The second-order valence-corrected chi connectivity index (χ2v) is 5.75. The van der Waals surface area contributed by atoms with Crippen LogP contribution in [0.25, 0.3) is 0 Å². The summed E-state index contributed by atoms with van der Waals surface area (Å²) in [6.07, 6.45) is 1.15. The Kier molecular flexibility index (Phi) is 4.97. The molecule has 1 saturated heterocycles. The first-order valence-electron chi connectivity index (χ1n) is 6.79. The summed E-state index contributed by atoms with van der Waals surface area (Å²) in [5.74, 6) is -1.66. The zero-order valence-corrected chi connectivity index (χ0v) is 12.2. The Bertz CT molecular complexity index is 412.